The van der Waals surface area contributed by atoms with E-state index in [1.54, 1.807) is 54.6 Å². The summed E-state index contributed by atoms with van der Waals surface area (Å²) in [6.07, 6.45) is -0.633. The van der Waals surface area contributed by atoms with E-state index >= 15 is 0 Å². The van der Waals surface area contributed by atoms with Crippen LogP contribution in [0.1, 0.15) is 27.1 Å². The number of carbonyl (C=O) groups excluding carboxylic acids is 2. The fourth-order valence-electron chi connectivity index (χ4n) is 2.93. The van der Waals surface area contributed by atoms with Crippen LogP contribution >= 0.6 is 11.6 Å². The molecule has 0 aromatic heterocycles. The van der Waals surface area contributed by atoms with Crippen molar-refractivity contribution in [2.24, 2.45) is 0 Å². The minimum absolute atomic E-state index is 0.0532. The van der Waals surface area contributed by atoms with Gasteiger partial charge in [-0.3, -0.25) is 14.9 Å². The lowest BCUT2D eigenvalue weighted by Crippen LogP contribution is -2.54. The fraction of sp³-hybridized carbons (Fsp3) is 0.263. The SMILES string of the molecule is O=C(N[C@@H](N[C@@H]1CCS(=O)(=O)C1)C(=O)c1ccccc1)c1ccc(Cl)cc1. The highest BCUT2D eigenvalue weighted by atomic mass is 35.5. The van der Waals surface area contributed by atoms with Gasteiger partial charge in [-0.25, -0.2) is 8.42 Å². The van der Waals surface area contributed by atoms with E-state index in [0.29, 0.717) is 22.6 Å². The molecular formula is C19H19ClN2O4S. The molecule has 142 valence electrons. The number of benzene rings is 2. The van der Waals surface area contributed by atoms with Crippen molar-refractivity contribution < 1.29 is 18.0 Å². The van der Waals surface area contributed by atoms with Crippen LogP contribution < -0.4 is 10.6 Å². The fourth-order valence-corrected chi connectivity index (χ4v) is 4.74. The number of amides is 1. The maximum Gasteiger partial charge on any atom is 0.252 e. The molecule has 1 heterocycles. The van der Waals surface area contributed by atoms with Crippen LogP contribution in [0.25, 0.3) is 0 Å². The predicted molar refractivity (Wildman–Crippen MR) is 104 cm³/mol. The third-order valence-electron chi connectivity index (χ3n) is 4.34. The summed E-state index contributed by atoms with van der Waals surface area (Å²) >= 11 is 5.84. The quantitative estimate of drug-likeness (QED) is 0.565. The van der Waals surface area contributed by atoms with Gasteiger partial charge < -0.3 is 5.32 Å². The summed E-state index contributed by atoms with van der Waals surface area (Å²) < 4.78 is 23.4. The molecule has 2 aromatic carbocycles. The minimum atomic E-state index is -3.12. The summed E-state index contributed by atoms with van der Waals surface area (Å²) in [4.78, 5) is 25.4. The van der Waals surface area contributed by atoms with Crippen molar-refractivity contribution >= 4 is 33.1 Å². The molecule has 0 spiro atoms. The van der Waals surface area contributed by atoms with Gasteiger partial charge in [0.15, 0.2) is 15.6 Å². The molecule has 8 heteroatoms. The largest absolute Gasteiger partial charge is 0.330 e. The first-order valence-corrected chi connectivity index (χ1v) is 10.7. The van der Waals surface area contributed by atoms with Crippen molar-refractivity contribution in [1.82, 2.24) is 10.6 Å². The number of hydrogen-bond acceptors (Lipinski definition) is 5. The molecule has 2 N–H and O–H groups in total. The van der Waals surface area contributed by atoms with Gasteiger partial charge in [0.1, 0.15) is 6.17 Å². The van der Waals surface area contributed by atoms with Crippen molar-refractivity contribution in [1.29, 1.82) is 0 Å². The molecule has 2 aromatic rings. The molecule has 1 aliphatic heterocycles. The second kappa shape index (κ2) is 8.21. The third-order valence-corrected chi connectivity index (χ3v) is 6.36. The number of sulfone groups is 1. The standard InChI is InChI=1S/C19H19ClN2O4S/c20-15-8-6-14(7-9-15)19(24)22-18(17(23)13-4-2-1-3-5-13)21-16-10-11-27(25,26)12-16/h1-9,16,18,21H,10-12H2,(H,22,24)/t16-,18-/m1/s1. The highest BCUT2D eigenvalue weighted by Crippen LogP contribution is 2.14. The van der Waals surface area contributed by atoms with Crippen LogP contribution in [-0.2, 0) is 9.84 Å². The topological polar surface area (TPSA) is 92.3 Å². The predicted octanol–water partition coefficient (Wildman–Crippen LogP) is 2.06. The van der Waals surface area contributed by atoms with Gasteiger partial charge in [0.05, 0.1) is 11.5 Å². The second-order valence-electron chi connectivity index (χ2n) is 6.41. The van der Waals surface area contributed by atoms with Crippen molar-refractivity contribution in [2.75, 3.05) is 11.5 Å². The zero-order chi connectivity index (χ0) is 19.4. The van der Waals surface area contributed by atoms with E-state index in [0.717, 1.165) is 0 Å². The molecule has 0 bridgehead atoms. The van der Waals surface area contributed by atoms with Gasteiger partial charge in [0.2, 0.25) is 0 Å². The Hall–Kier alpha value is -2.22. The number of ketones is 1. The Labute approximate surface area is 162 Å². The van der Waals surface area contributed by atoms with Crippen molar-refractivity contribution in [3.63, 3.8) is 0 Å². The normalized spacial score (nSPS) is 19.4. The van der Waals surface area contributed by atoms with Gasteiger partial charge in [-0.2, -0.15) is 0 Å². The number of halogens is 1. The minimum Gasteiger partial charge on any atom is -0.330 e. The molecule has 1 fully saturated rings. The van der Waals surface area contributed by atoms with Crippen LogP contribution in [0, 0.1) is 0 Å². The Morgan fingerprint density at radius 1 is 1.00 bits per heavy atom. The summed E-state index contributed by atoms with van der Waals surface area (Å²) in [5, 5.41) is 6.16. The molecule has 0 unspecified atom stereocenters. The Bertz CT molecular complexity index is 930. The lowest BCUT2D eigenvalue weighted by Gasteiger charge is -2.22. The van der Waals surface area contributed by atoms with Crippen LogP contribution in [0.2, 0.25) is 5.02 Å². The molecule has 3 rings (SSSR count). The molecule has 1 saturated heterocycles. The van der Waals surface area contributed by atoms with Gasteiger partial charge in [0, 0.05) is 22.2 Å². The summed E-state index contributed by atoms with van der Waals surface area (Å²) in [6, 6.07) is 14.4. The second-order valence-corrected chi connectivity index (χ2v) is 9.08. The Morgan fingerprint density at radius 2 is 1.67 bits per heavy atom. The van der Waals surface area contributed by atoms with Gasteiger partial charge in [-0.05, 0) is 30.7 Å². The molecular weight excluding hydrogens is 388 g/mol. The monoisotopic (exact) mass is 406 g/mol. The average molecular weight is 407 g/mol. The lowest BCUT2D eigenvalue weighted by atomic mass is 10.1. The number of Topliss-reactive ketones (excluding diaryl/α,β-unsaturated/α-hetero) is 1. The molecule has 0 saturated carbocycles. The van der Waals surface area contributed by atoms with E-state index in [9.17, 15) is 18.0 Å². The van der Waals surface area contributed by atoms with Crippen LogP contribution in [0.4, 0.5) is 0 Å². The maximum atomic E-state index is 12.9. The van der Waals surface area contributed by atoms with Gasteiger partial charge in [-0.15, -0.1) is 0 Å². The molecule has 2 atom stereocenters. The van der Waals surface area contributed by atoms with Crippen molar-refractivity contribution in [3.8, 4) is 0 Å². The summed E-state index contributed by atoms with van der Waals surface area (Å²) in [5.74, 6) is -0.763. The highest BCUT2D eigenvalue weighted by Gasteiger charge is 2.32. The van der Waals surface area contributed by atoms with Crippen LogP contribution in [-0.4, -0.2) is 43.8 Å². The van der Waals surface area contributed by atoms with E-state index in [1.807, 2.05) is 0 Å². The van der Waals surface area contributed by atoms with E-state index < -0.39 is 28.0 Å². The Balaban J connectivity index is 1.79. The number of carbonyl (C=O) groups is 2. The number of rotatable bonds is 6. The van der Waals surface area contributed by atoms with Gasteiger partial charge in [0.25, 0.3) is 5.91 Å². The van der Waals surface area contributed by atoms with Crippen LogP contribution in [0.15, 0.2) is 54.6 Å². The van der Waals surface area contributed by atoms with E-state index in [-0.39, 0.29) is 17.3 Å². The first kappa shape index (κ1) is 19.5. The van der Waals surface area contributed by atoms with Crippen LogP contribution in [0.3, 0.4) is 0 Å². The number of nitrogens with one attached hydrogen (secondary N) is 2. The summed E-state index contributed by atoms with van der Waals surface area (Å²) in [7, 11) is -3.12. The summed E-state index contributed by atoms with van der Waals surface area (Å²) in [5.41, 5.74) is 0.776. The Morgan fingerprint density at radius 3 is 2.26 bits per heavy atom. The smallest absolute Gasteiger partial charge is 0.252 e. The van der Waals surface area contributed by atoms with Crippen LogP contribution in [0.5, 0.6) is 0 Å². The van der Waals surface area contributed by atoms with Crippen molar-refractivity contribution in [2.45, 2.75) is 18.6 Å². The molecule has 0 radical (unpaired) electrons. The lowest BCUT2D eigenvalue weighted by molar-refractivity contribution is 0.0831. The third kappa shape index (κ3) is 5.15. The highest BCUT2D eigenvalue weighted by molar-refractivity contribution is 7.91. The average Bonchev–Trinajstić information content (AvgIpc) is 3.00. The van der Waals surface area contributed by atoms with Gasteiger partial charge in [-0.1, -0.05) is 41.9 Å². The first-order chi connectivity index (χ1) is 12.8. The maximum absolute atomic E-state index is 12.9. The van der Waals surface area contributed by atoms with Crippen molar-refractivity contribution in [3.05, 3.63) is 70.7 Å². The molecule has 27 heavy (non-hydrogen) atoms. The zero-order valence-electron chi connectivity index (χ0n) is 14.4. The first-order valence-electron chi connectivity index (χ1n) is 8.46. The summed E-state index contributed by atoms with van der Waals surface area (Å²) in [6.45, 7) is 0. The molecule has 1 amide bonds. The van der Waals surface area contributed by atoms with E-state index in [1.165, 1.54) is 0 Å². The molecule has 1 aliphatic rings. The Kier molecular flexibility index (Phi) is 5.94. The number of hydrogen-bond donors (Lipinski definition) is 2. The van der Waals surface area contributed by atoms with E-state index in [4.69, 9.17) is 11.6 Å². The zero-order valence-corrected chi connectivity index (χ0v) is 16.0. The molecule has 0 aliphatic carbocycles. The molecule has 6 nitrogen and oxygen atoms in total. The van der Waals surface area contributed by atoms with Gasteiger partial charge >= 0.3 is 0 Å². The van der Waals surface area contributed by atoms with E-state index in [2.05, 4.69) is 10.6 Å².